The van der Waals surface area contributed by atoms with E-state index in [1.165, 1.54) is 216 Å². The van der Waals surface area contributed by atoms with Crippen LogP contribution in [-0.4, -0.2) is 22.0 Å². The summed E-state index contributed by atoms with van der Waals surface area (Å²) in [4.78, 5) is 25.2. The number of amides is 2. The minimum absolute atomic E-state index is 0.0135. The predicted molar refractivity (Wildman–Crippen MR) is 233 cm³/mol. The molecule has 0 saturated heterocycles. The fourth-order valence-corrected chi connectivity index (χ4v) is 8.26. The van der Waals surface area contributed by atoms with E-state index in [4.69, 9.17) is 0 Å². The molecule has 1 aromatic rings. The maximum absolute atomic E-state index is 12.6. The van der Waals surface area contributed by atoms with E-state index in [0.717, 1.165) is 41.3 Å². The molecule has 0 spiro atoms. The molecular formula is C45H82N2O2S2. The second-order valence-corrected chi connectivity index (χ2v) is 17.2. The van der Waals surface area contributed by atoms with Crippen LogP contribution < -0.4 is 10.6 Å². The molecule has 0 aliphatic carbocycles. The first kappa shape index (κ1) is 47.9. The van der Waals surface area contributed by atoms with Crippen LogP contribution in [0.15, 0.2) is 18.2 Å². The van der Waals surface area contributed by atoms with Crippen molar-refractivity contribution in [2.24, 2.45) is 0 Å². The minimum atomic E-state index is -0.0135. The monoisotopic (exact) mass is 747 g/mol. The van der Waals surface area contributed by atoms with Crippen LogP contribution in [0.1, 0.15) is 225 Å². The quantitative estimate of drug-likeness (QED) is 0.0671. The molecule has 0 heterocycles. The lowest BCUT2D eigenvalue weighted by Crippen LogP contribution is -2.11. The number of hydrogen-bond acceptors (Lipinski definition) is 4. The van der Waals surface area contributed by atoms with Crippen LogP contribution in [0.25, 0.3) is 0 Å². The lowest BCUT2D eigenvalue weighted by molar-refractivity contribution is 0.269. The van der Waals surface area contributed by atoms with Gasteiger partial charge in [0.05, 0.1) is 0 Å². The number of unbranched alkanes of at least 4 members (excludes halogenated alkanes) is 30. The molecule has 51 heavy (non-hydrogen) atoms. The highest BCUT2D eigenvalue weighted by Crippen LogP contribution is 2.26. The smallest absolute Gasteiger partial charge is 0.283 e. The molecule has 0 aromatic heterocycles. The summed E-state index contributed by atoms with van der Waals surface area (Å²) in [6.07, 6.45) is 43.5. The van der Waals surface area contributed by atoms with Gasteiger partial charge in [-0.05, 0) is 37.5 Å². The van der Waals surface area contributed by atoms with Gasteiger partial charge in [-0.3, -0.25) is 9.59 Å². The van der Waals surface area contributed by atoms with Gasteiger partial charge in [0, 0.05) is 22.9 Å². The molecule has 0 unspecified atom stereocenters. The number of thioether (sulfide) groups is 2. The van der Waals surface area contributed by atoms with Crippen LogP contribution >= 0.6 is 23.5 Å². The van der Waals surface area contributed by atoms with E-state index in [9.17, 15) is 9.59 Å². The largest absolute Gasteiger partial charge is 0.317 e. The van der Waals surface area contributed by atoms with Crippen molar-refractivity contribution in [2.45, 2.75) is 226 Å². The molecule has 6 heteroatoms. The van der Waals surface area contributed by atoms with Crippen molar-refractivity contribution >= 4 is 45.4 Å². The third-order valence-corrected chi connectivity index (χ3v) is 12.0. The molecule has 2 amide bonds. The number of anilines is 2. The Kier molecular flexibility index (Phi) is 34.9. The average molecular weight is 747 g/mol. The first-order valence-electron chi connectivity index (χ1n) is 22.1. The van der Waals surface area contributed by atoms with E-state index >= 15 is 0 Å². The summed E-state index contributed by atoms with van der Waals surface area (Å²) in [5.41, 5.74) is 2.46. The van der Waals surface area contributed by atoms with Crippen molar-refractivity contribution in [3.63, 3.8) is 0 Å². The van der Waals surface area contributed by atoms with E-state index in [0.29, 0.717) is 0 Å². The van der Waals surface area contributed by atoms with Gasteiger partial charge in [-0.15, -0.1) is 0 Å². The van der Waals surface area contributed by atoms with E-state index in [1.807, 2.05) is 25.1 Å². The SMILES string of the molecule is CCCCCCCCCCCCCCCCCCSC(=O)Nc1cccc(NC(=O)SCCCCCCCCCCCCCCCCCC)c1C. The van der Waals surface area contributed by atoms with Gasteiger partial charge in [0.15, 0.2) is 0 Å². The Morgan fingerprint density at radius 2 is 0.647 bits per heavy atom. The first-order valence-corrected chi connectivity index (χ1v) is 24.0. The zero-order valence-corrected chi connectivity index (χ0v) is 35.5. The molecule has 0 saturated carbocycles. The third-order valence-electron chi connectivity index (χ3n) is 10.3. The van der Waals surface area contributed by atoms with Gasteiger partial charge in [0.1, 0.15) is 0 Å². The van der Waals surface area contributed by atoms with Gasteiger partial charge in [-0.2, -0.15) is 0 Å². The van der Waals surface area contributed by atoms with Gasteiger partial charge in [-0.1, -0.05) is 236 Å². The zero-order chi connectivity index (χ0) is 36.9. The molecule has 0 aliphatic rings. The van der Waals surface area contributed by atoms with E-state index in [1.54, 1.807) is 0 Å². The van der Waals surface area contributed by atoms with Crippen LogP contribution in [0.4, 0.5) is 21.0 Å². The summed E-state index contributed by atoms with van der Waals surface area (Å²) in [5.74, 6) is 1.71. The molecule has 0 atom stereocenters. The van der Waals surface area contributed by atoms with E-state index in [-0.39, 0.29) is 10.5 Å². The lowest BCUT2D eigenvalue weighted by Gasteiger charge is -2.13. The van der Waals surface area contributed by atoms with Crippen molar-refractivity contribution in [3.05, 3.63) is 23.8 Å². The zero-order valence-electron chi connectivity index (χ0n) is 33.9. The van der Waals surface area contributed by atoms with Gasteiger partial charge in [0.25, 0.3) is 10.5 Å². The van der Waals surface area contributed by atoms with Gasteiger partial charge >= 0.3 is 0 Å². The Morgan fingerprint density at radius 3 is 0.902 bits per heavy atom. The molecule has 1 rings (SSSR count). The summed E-state index contributed by atoms with van der Waals surface area (Å²) >= 11 is 2.75. The maximum atomic E-state index is 12.6. The number of nitrogens with one attached hydrogen (secondary N) is 2. The Hall–Kier alpha value is -1.14. The molecule has 2 N–H and O–H groups in total. The summed E-state index contributed by atoms with van der Waals surface area (Å²) in [6, 6.07) is 5.74. The normalized spacial score (nSPS) is 11.3. The van der Waals surface area contributed by atoms with Gasteiger partial charge < -0.3 is 10.6 Å². The number of hydrogen-bond donors (Lipinski definition) is 2. The third kappa shape index (κ3) is 31.0. The highest BCUT2D eigenvalue weighted by Gasteiger charge is 2.11. The Labute approximate surface area is 325 Å². The molecule has 1 aromatic carbocycles. The summed E-state index contributed by atoms with van der Waals surface area (Å²) in [7, 11) is 0. The minimum Gasteiger partial charge on any atom is -0.317 e. The Balaban J connectivity index is 1.99. The molecule has 0 fully saturated rings. The van der Waals surface area contributed by atoms with E-state index < -0.39 is 0 Å². The summed E-state index contributed by atoms with van der Waals surface area (Å²) < 4.78 is 0. The van der Waals surface area contributed by atoms with Gasteiger partial charge in [0.2, 0.25) is 0 Å². The fraction of sp³-hybridized carbons (Fsp3) is 0.822. The van der Waals surface area contributed by atoms with Crippen LogP contribution in [0, 0.1) is 6.92 Å². The predicted octanol–water partition coefficient (Wildman–Crippen LogP) is 17.0. The number of carbonyl (C=O) groups is 2. The first-order chi connectivity index (χ1) is 25.1. The van der Waals surface area contributed by atoms with Crippen LogP contribution in [0.2, 0.25) is 0 Å². The van der Waals surface area contributed by atoms with Crippen molar-refractivity contribution in [2.75, 3.05) is 22.1 Å². The molecule has 4 nitrogen and oxygen atoms in total. The molecule has 0 bridgehead atoms. The maximum Gasteiger partial charge on any atom is 0.283 e. The highest BCUT2D eigenvalue weighted by molar-refractivity contribution is 8.14. The average Bonchev–Trinajstić information content (AvgIpc) is 3.12. The van der Waals surface area contributed by atoms with Crippen LogP contribution in [0.5, 0.6) is 0 Å². The second kappa shape index (κ2) is 37.2. The van der Waals surface area contributed by atoms with E-state index in [2.05, 4.69) is 24.5 Å². The standard InChI is InChI=1S/C45H82N2O2S2/c1-4-6-8-10-12-14-16-18-20-22-24-26-28-30-32-34-39-50-44(48)46-42-37-36-38-43(41(42)3)47-45(49)51-40-35-33-31-29-27-25-23-21-19-17-15-13-11-9-7-5-2/h36-38H,4-35,39-40H2,1-3H3,(H,46,48)(H,47,49). The fourth-order valence-electron chi connectivity index (χ4n) is 6.83. The lowest BCUT2D eigenvalue weighted by atomic mass is 10.0. The molecule has 0 radical (unpaired) electrons. The molecular weight excluding hydrogens is 665 g/mol. The highest BCUT2D eigenvalue weighted by atomic mass is 32.2. The van der Waals surface area contributed by atoms with Crippen molar-refractivity contribution < 1.29 is 9.59 Å². The van der Waals surface area contributed by atoms with Gasteiger partial charge in [-0.25, -0.2) is 0 Å². The number of carbonyl (C=O) groups excluding carboxylic acids is 2. The molecule has 0 aliphatic heterocycles. The molecule has 296 valence electrons. The summed E-state index contributed by atoms with van der Waals surface area (Å²) in [6.45, 7) is 6.54. The van der Waals surface area contributed by atoms with Crippen LogP contribution in [-0.2, 0) is 0 Å². The Bertz CT molecular complexity index is 871. The van der Waals surface area contributed by atoms with Crippen molar-refractivity contribution in [3.8, 4) is 0 Å². The summed E-state index contributed by atoms with van der Waals surface area (Å²) in [5, 5.41) is 6.07. The van der Waals surface area contributed by atoms with Crippen LogP contribution in [0.3, 0.4) is 0 Å². The van der Waals surface area contributed by atoms with Crippen molar-refractivity contribution in [1.82, 2.24) is 0 Å². The number of benzene rings is 1. The van der Waals surface area contributed by atoms with Crippen molar-refractivity contribution in [1.29, 1.82) is 0 Å². The Morgan fingerprint density at radius 1 is 0.412 bits per heavy atom. The number of rotatable bonds is 36. The second-order valence-electron chi connectivity index (χ2n) is 15.1. The topological polar surface area (TPSA) is 58.2 Å².